The van der Waals surface area contributed by atoms with Gasteiger partial charge >= 0.3 is 6.18 Å². The lowest BCUT2D eigenvalue weighted by molar-refractivity contribution is -0.216. The summed E-state index contributed by atoms with van der Waals surface area (Å²) in [4.78, 5) is 15.5. The van der Waals surface area contributed by atoms with Crippen LogP contribution in [-0.2, 0) is 9.47 Å². The van der Waals surface area contributed by atoms with Gasteiger partial charge < -0.3 is 24.4 Å². The molecule has 2 fully saturated rings. The lowest BCUT2D eigenvalue weighted by Crippen LogP contribution is -2.36. The van der Waals surface area contributed by atoms with Crippen molar-refractivity contribution in [3.8, 4) is 5.75 Å². The number of hydrogen-bond acceptors (Lipinski definition) is 8. The van der Waals surface area contributed by atoms with Crippen LogP contribution in [-0.4, -0.2) is 66.7 Å². The maximum Gasteiger partial charge on any atom is 0.418 e. The highest BCUT2D eigenvalue weighted by Gasteiger charge is 2.41. The summed E-state index contributed by atoms with van der Waals surface area (Å²) in [5.41, 5.74) is 2.58. The van der Waals surface area contributed by atoms with Gasteiger partial charge in [0.25, 0.3) is 0 Å². The van der Waals surface area contributed by atoms with Crippen LogP contribution in [0.15, 0.2) is 42.9 Å². The summed E-state index contributed by atoms with van der Waals surface area (Å²) in [5.74, 6) is 1.28. The topological polar surface area (TPSA) is 81.6 Å². The Morgan fingerprint density at radius 1 is 1.03 bits per heavy atom. The molecular formula is C26H30F3N5O3. The Balaban J connectivity index is 1.21. The van der Waals surface area contributed by atoms with Crippen molar-refractivity contribution in [1.82, 2.24) is 15.0 Å². The quantitative estimate of drug-likeness (QED) is 0.473. The number of benzene rings is 1. The Labute approximate surface area is 213 Å². The van der Waals surface area contributed by atoms with Gasteiger partial charge in [-0.2, -0.15) is 13.2 Å². The minimum absolute atomic E-state index is 0.0210. The average molecular weight is 518 g/mol. The number of nitrogens with zero attached hydrogens (tertiary/aromatic N) is 4. The molecule has 37 heavy (non-hydrogen) atoms. The monoisotopic (exact) mass is 517 g/mol. The van der Waals surface area contributed by atoms with Crippen LogP contribution in [0.2, 0.25) is 0 Å². The predicted octanol–water partition coefficient (Wildman–Crippen LogP) is 4.91. The van der Waals surface area contributed by atoms with Crippen LogP contribution in [0.5, 0.6) is 5.75 Å². The second kappa shape index (κ2) is 11.1. The molecule has 11 heteroatoms. The smallest absolute Gasteiger partial charge is 0.418 e. The van der Waals surface area contributed by atoms with Gasteiger partial charge in [-0.25, -0.2) is 9.97 Å². The first-order valence-corrected chi connectivity index (χ1v) is 12.5. The van der Waals surface area contributed by atoms with Crippen LogP contribution >= 0.6 is 0 Å². The molecule has 8 nitrogen and oxygen atoms in total. The number of anilines is 2. The number of halogens is 3. The first kappa shape index (κ1) is 25.5. The van der Waals surface area contributed by atoms with Crippen molar-refractivity contribution in [2.24, 2.45) is 0 Å². The number of pyridine rings is 1. The van der Waals surface area contributed by atoms with Gasteiger partial charge in [0.15, 0.2) is 6.10 Å². The Bertz CT molecular complexity index is 1180. The summed E-state index contributed by atoms with van der Waals surface area (Å²) in [6.07, 6.45) is 1.51. The molecule has 198 valence electrons. The van der Waals surface area contributed by atoms with Gasteiger partial charge in [-0.1, -0.05) is 6.07 Å². The van der Waals surface area contributed by atoms with Gasteiger partial charge in [-0.15, -0.1) is 0 Å². The minimum atomic E-state index is -4.48. The van der Waals surface area contributed by atoms with E-state index in [0.717, 1.165) is 68.4 Å². The number of hydrogen-bond donors (Lipinski definition) is 1. The molecule has 1 N–H and O–H groups in total. The molecule has 0 radical (unpaired) electrons. The van der Waals surface area contributed by atoms with Crippen LogP contribution in [0.3, 0.4) is 0 Å². The summed E-state index contributed by atoms with van der Waals surface area (Å²) in [7, 11) is 1.04. The Morgan fingerprint density at radius 2 is 1.78 bits per heavy atom. The molecule has 2 aromatic heterocycles. The van der Waals surface area contributed by atoms with Gasteiger partial charge in [0.2, 0.25) is 0 Å². The second-order valence-corrected chi connectivity index (χ2v) is 9.34. The molecule has 1 saturated heterocycles. The lowest BCUT2D eigenvalue weighted by Gasteiger charge is -2.31. The molecule has 0 amide bonds. The lowest BCUT2D eigenvalue weighted by atomic mass is 9.93. The molecule has 0 bridgehead atoms. The third-order valence-corrected chi connectivity index (χ3v) is 6.84. The number of nitrogens with one attached hydrogen (secondary N) is 1. The molecule has 2 aliphatic rings. The van der Waals surface area contributed by atoms with E-state index in [0.29, 0.717) is 19.0 Å². The number of fused-ring (bicyclic) bond motifs is 1. The van der Waals surface area contributed by atoms with Crippen LogP contribution in [0.25, 0.3) is 11.0 Å². The van der Waals surface area contributed by atoms with E-state index in [-0.39, 0.29) is 17.7 Å². The van der Waals surface area contributed by atoms with Crippen LogP contribution < -0.4 is 15.0 Å². The van der Waals surface area contributed by atoms with Gasteiger partial charge in [0.05, 0.1) is 24.8 Å². The van der Waals surface area contributed by atoms with Crippen LogP contribution in [0.1, 0.15) is 37.4 Å². The zero-order chi connectivity index (χ0) is 25.8. The zero-order valence-electron chi connectivity index (χ0n) is 20.6. The van der Waals surface area contributed by atoms with E-state index in [9.17, 15) is 13.2 Å². The van der Waals surface area contributed by atoms with E-state index in [4.69, 9.17) is 9.47 Å². The highest BCUT2D eigenvalue weighted by atomic mass is 19.4. The largest absolute Gasteiger partial charge is 0.488 e. The maximum atomic E-state index is 13.1. The normalized spacial score (nSPS) is 21.6. The Kier molecular flexibility index (Phi) is 7.61. The predicted molar refractivity (Wildman–Crippen MR) is 133 cm³/mol. The van der Waals surface area contributed by atoms with Crippen LogP contribution in [0, 0.1) is 0 Å². The summed E-state index contributed by atoms with van der Waals surface area (Å²) in [5, 5.41) is 3.34. The first-order chi connectivity index (χ1) is 17.9. The van der Waals surface area contributed by atoms with Crippen molar-refractivity contribution < 1.29 is 27.4 Å². The average Bonchev–Trinajstić information content (AvgIpc) is 2.91. The van der Waals surface area contributed by atoms with Crippen molar-refractivity contribution in [2.45, 2.75) is 50.1 Å². The number of ether oxygens (including phenoxy) is 3. The maximum absolute atomic E-state index is 13.1. The van der Waals surface area contributed by atoms with E-state index < -0.39 is 12.3 Å². The van der Waals surface area contributed by atoms with Crippen LogP contribution in [0.4, 0.5) is 24.7 Å². The third kappa shape index (κ3) is 6.04. The minimum Gasteiger partial charge on any atom is -0.488 e. The molecule has 5 rings (SSSR count). The summed E-state index contributed by atoms with van der Waals surface area (Å²) in [6.45, 7) is 3.02. The highest BCUT2D eigenvalue weighted by Crippen LogP contribution is 2.36. The summed E-state index contributed by atoms with van der Waals surface area (Å²) in [6, 6.07) is 7.22. The van der Waals surface area contributed by atoms with Crippen molar-refractivity contribution in [3.63, 3.8) is 0 Å². The fourth-order valence-corrected chi connectivity index (χ4v) is 4.94. The number of aromatic nitrogens is 3. The number of alkyl halides is 3. The third-order valence-electron chi connectivity index (χ3n) is 6.84. The fourth-order valence-electron chi connectivity index (χ4n) is 4.94. The Hall–Kier alpha value is -3.18. The van der Waals surface area contributed by atoms with Gasteiger partial charge in [-0.05, 0) is 37.8 Å². The van der Waals surface area contributed by atoms with Crippen molar-refractivity contribution in [3.05, 3.63) is 48.4 Å². The van der Waals surface area contributed by atoms with E-state index in [2.05, 4.69) is 29.9 Å². The second-order valence-electron chi connectivity index (χ2n) is 9.34. The molecule has 1 aliphatic carbocycles. The number of rotatable bonds is 7. The molecule has 3 heterocycles. The van der Waals surface area contributed by atoms with Gasteiger partial charge in [-0.3, -0.25) is 4.98 Å². The van der Waals surface area contributed by atoms with Gasteiger partial charge in [0.1, 0.15) is 17.1 Å². The molecule has 3 aromatic rings. The molecule has 1 atom stereocenters. The van der Waals surface area contributed by atoms with E-state index in [1.165, 1.54) is 12.3 Å². The van der Waals surface area contributed by atoms with E-state index in [1.807, 2.05) is 12.1 Å². The Morgan fingerprint density at radius 3 is 2.46 bits per heavy atom. The fraction of sp³-hybridized carbons (Fsp3) is 0.500. The molecule has 0 spiro atoms. The van der Waals surface area contributed by atoms with E-state index >= 15 is 0 Å². The number of methoxy groups -OCH3 is 1. The molecule has 1 unspecified atom stereocenters. The molecular weight excluding hydrogens is 487 g/mol. The summed E-state index contributed by atoms with van der Waals surface area (Å²) < 4.78 is 55.8. The number of morpholine rings is 1. The van der Waals surface area contributed by atoms with E-state index in [1.54, 1.807) is 18.5 Å². The van der Waals surface area contributed by atoms with Crippen molar-refractivity contribution in [2.75, 3.05) is 43.6 Å². The van der Waals surface area contributed by atoms with Crippen molar-refractivity contribution in [1.29, 1.82) is 0 Å². The standard InChI is InChI=1S/C26H30F3N5O3/c1-35-25(26(27,28)29)17-2-7-23(32-16-17)33-18-3-5-20(6-4-18)37-22-15-19(34-10-12-36-13-11-34)14-21-24(22)31-9-8-30-21/h2,7-9,14-16,18,20,25H,3-6,10-13H2,1H3,(H,32,33). The zero-order valence-corrected chi connectivity index (χ0v) is 20.6. The highest BCUT2D eigenvalue weighted by molar-refractivity contribution is 5.85. The molecule has 1 saturated carbocycles. The SMILES string of the molecule is COC(c1ccc(NC2CCC(Oc3cc(N4CCOCC4)cc4nccnc34)CC2)nc1)C(F)(F)F. The summed E-state index contributed by atoms with van der Waals surface area (Å²) >= 11 is 0. The molecule has 1 aromatic carbocycles. The van der Waals surface area contributed by atoms with Crippen molar-refractivity contribution >= 4 is 22.5 Å². The first-order valence-electron chi connectivity index (χ1n) is 12.5. The van der Waals surface area contributed by atoms with Gasteiger partial charge in [0, 0.05) is 62.1 Å². The molecule has 1 aliphatic heterocycles.